The predicted octanol–water partition coefficient (Wildman–Crippen LogP) is 3.96. The van der Waals surface area contributed by atoms with Gasteiger partial charge in [0, 0.05) is 11.1 Å². The van der Waals surface area contributed by atoms with E-state index in [4.69, 9.17) is 16.1 Å². The topological polar surface area (TPSA) is 80.0 Å². The first-order valence-corrected chi connectivity index (χ1v) is 7.67. The van der Waals surface area contributed by atoms with Crippen LogP contribution in [-0.4, -0.2) is 16.0 Å². The SMILES string of the molecule is Cc1cc(Nc2ccc(NC(=O)Cc3ccc(Cl)cc3)cn2)no1. The zero-order chi connectivity index (χ0) is 16.9. The molecule has 0 aliphatic rings. The molecule has 6 nitrogen and oxygen atoms in total. The van der Waals surface area contributed by atoms with Crippen LogP contribution >= 0.6 is 11.6 Å². The van der Waals surface area contributed by atoms with Gasteiger partial charge < -0.3 is 15.2 Å². The number of nitrogens with zero attached hydrogens (tertiary/aromatic N) is 2. The molecule has 0 radical (unpaired) electrons. The van der Waals surface area contributed by atoms with Crippen LogP contribution in [0.5, 0.6) is 0 Å². The van der Waals surface area contributed by atoms with Crippen LogP contribution in [0.15, 0.2) is 53.2 Å². The molecule has 0 saturated carbocycles. The fourth-order valence-corrected chi connectivity index (χ4v) is 2.22. The largest absolute Gasteiger partial charge is 0.360 e. The van der Waals surface area contributed by atoms with Gasteiger partial charge in [-0.2, -0.15) is 0 Å². The number of carbonyl (C=O) groups is 1. The third-order valence-electron chi connectivity index (χ3n) is 3.21. The molecule has 3 rings (SSSR count). The molecule has 0 atom stereocenters. The van der Waals surface area contributed by atoms with Gasteiger partial charge >= 0.3 is 0 Å². The van der Waals surface area contributed by atoms with Crippen LogP contribution in [0.1, 0.15) is 11.3 Å². The molecule has 0 unspecified atom stereocenters. The molecule has 0 spiro atoms. The van der Waals surface area contributed by atoms with Crippen molar-refractivity contribution in [3.8, 4) is 0 Å². The molecular formula is C17H15ClN4O2. The number of aromatic nitrogens is 2. The number of hydrogen-bond acceptors (Lipinski definition) is 5. The maximum absolute atomic E-state index is 12.0. The van der Waals surface area contributed by atoms with Crippen molar-refractivity contribution in [1.29, 1.82) is 0 Å². The summed E-state index contributed by atoms with van der Waals surface area (Å²) in [4.78, 5) is 16.3. The molecule has 0 aliphatic heterocycles. The molecule has 122 valence electrons. The second-order valence-electron chi connectivity index (χ2n) is 5.23. The lowest BCUT2D eigenvalue weighted by molar-refractivity contribution is -0.115. The monoisotopic (exact) mass is 342 g/mol. The number of amides is 1. The van der Waals surface area contributed by atoms with E-state index in [1.807, 2.05) is 19.1 Å². The molecule has 7 heteroatoms. The van der Waals surface area contributed by atoms with E-state index in [0.717, 1.165) is 5.56 Å². The lowest BCUT2D eigenvalue weighted by Crippen LogP contribution is -2.14. The summed E-state index contributed by atoms with van der Waals surface area (Å²) in [6.45, 7) is 1.81. The van der Waals surface area contributed by atoms with Gasteiger partial charge in [-0.25, -0.2) is 4.98 Å². The zero-order valence-corrected chi connectivity index (χ0v) is 13.7. The molecule has 0 saturated heterocycles. The van der Waals surface area contributed by atoms with Crippen LogP contribution < -0.4 is 10.6 Å². The summed E-state index contributed by atoms with van der Waals surface area (Å²) >= 11 is 5.83. The lowest BCUT2D eigenvalue weighted by atomic mass is 10.1. The van der Waals surface area contributed by atoms with Gasteiger partial charge in [0.15, 0.2) is 5.82 Å². The molecule has 2 N–H and O–H groups in total. The number of hydrogen-bond donors (Lipinski definition) is 2. The molecule has 0 aliphatic carbocycles. The van der Waals surface area contributed by atoms with Gasteiger partial charge in [-0.1, -0.05) is 28.9 Å². The van der Waals surface area contributed by atoms with Crippen molar-refractivity contribution in [1.82, 2.24) is 10.1 Å². The zero-order valence-electron chi connectivity index (χ0n) is 12.9. The van der Waals surface area contributed by atoms with E-state index in [1.54, 1.807) is 36.5 Å². The Kier molecular flexibility index (Phi) is 4.77. The molecule has 2 heterocycles. The highest BCUT2D eigenvalue weighted by molar-refractivity contribution is 6.30. The van der Waals surface area contributed by atoms with Gasteiger partial charge in [-0.15, -0.1) is 0 Å². The Labute approximate surface area is 143 Å². The Bertz CT molecular complexity index is 829. The molecule has 1 amide bonds. The molecule has 1 aromatic carbocycles. The maximum Gasteiger partial charge on any atom is 0.228 e. The number of halogens is 1. The normalized spacial score (nSPS) is 10.4. The van der Waals surface area contributed by atoms with E-state index in [-0.39, 0.29) is 12.3 Å². The van der Waals surface area contributed by atoms with E-state index in [0.29, 0.717) is 28.1 Å². The van der Waals surface area contributed by atoms with Crippen molar-refractivity contribution in [2.75, 3.05) is 10.6 Å². The number of nitrogens with one attached hydrogen (secondary N) is 2. The van der Waals surface area contributed by atoms with E-state index < -0.39 is 0 Å². The van der Waals surface area contributed by atoms with Crippen LogP contribution in [0, 0.1) is 6.92 Å². The fraction of sp³-hybridized carbons (Fsp3) is 0.118. The fourth-order valence-electron chi connectivity index (χ4n) is 2.09. The number of carbonyl (C=O) groups excluding carboxylic acids is 1. The van der Waals surface area contributed by atoms with Crippen molar-refractivity contribution < 1.29 is 9.32 Å². The summed E-state index contributed by atoms with van der Waals surface area (Å²) in [5, 5.41) is 10.3. The second kappa shape index (κ2) is 7.14. The highest BCUT2D eigenvalue weighted by Gasteiger charge is 2.06. The third kappa shape index (κ3) is 4.33. The van der Waals surface area contributed by atoms with E-state index >= 15 is 0 Å². The van der Waals surface area contributed by atoms with Gasteiger partial charge in [-0.05, 0) is 36.8 Å². The summed E-state index contributed by atoms with van der Waals surface area (Å²) in [5.41, 5.74) is 1.51. The lowest BCUT2D eigenvalue weighted by Gasteiger charge is -2.06. The minimum absolute atomic E-state index is 0.119. The summed E-state index contributed by atoms with van der Waals surface area (Å²) in [6.07, 6.45) is 1.85. The minimum Gasteiger partial charge on any atom is -0.360 e. The highest BCUT2D eigenvalue weighted by atomic mass is 35.5. The van der Waals surface area contributed by atoms with Crippen molar-refractivity contribution in [2.45, 2.75) is 13.3 Å². The molecule has 0 fully saturated rings. The van der Waals surface area contributed by atoms with Gasteiger partial charge in [-0.3, -0.25) is 4.79 Å². The van der Waals surface area contributed by atoms with E-state index in [9.17, 15) is 4.79 Å². The summed E-state index contributed by atoms with van der Waals surface area (Å²) in [7, 11) is 0. The number of benzene rings is 1. The van der Waals surface area contributed by atoms with Crippen molar-refractivity contribution in [3.05, 3.63) is 65.0 Å². The molecule has 3 aromatic rings. The first-order chi connectivity index (χ1) is 11.6. The van der Waals surface area contributed by atoms with Gasteiger partial charge in [0.05, 0.1) is 18.3 Å². The Hall–Kier alpha value is -2.86. The molecular weight excluding hydrogens is 328 g/mol. The third-order valence-corrected chi connectivity index (χ3v) is 3.46. The van der Waals surface area contributed by atoms with Crippen LogP contribution in [0.4, 0.5) is 17.3 Å². The van der Waals surface area contributed by atoms with E-state index in [2.05, 4.69) is 20.8 Å². The Morgan fingerprint density at radius 3 is 2.58 bits per heavy atom. The van der Waals surface area contributed by atoms with Crippen molar-refractivity contribution >= 4 is 34.8 Å². The highest BCUT2D eigenvalue weighted by Crippen LogP contribution is 2.16. The summed E-state index contributed by atoms with van der Waals surface area (Å²) in [6, 6.07) is 12.5. The van der Waals surface area contributed by atoms with Crippen LogP contribution in [0.25, 0.3) is 0 Å². The Balaban J connectivity index is 1.57. The van der Waals surface area contributed by atoms with Crippen LogP contribution in [-0.2, 0) is 11.2 Å². The minimum atomic E-state index is -0.119. The molecule has 2 aromatic heterocycles. The average Bonchev–Trinajstić information content (AvgIpc) is 2.96. The number of rotatable bonds is 5. The predicted molar refractivity (Wildman–Crippen MR) is 92.5 cm³/mol. The molecule has 0 bridgehead atoms. The summed E-state index contributed by atoms with van der Waals surface area (Å²) in [5.74, 6) is 1.79. The Morgan fingerprint density at radius 2 is 1.96 bits per heavy atom. The van der Waals surface area contributed by atoms with Gasteiger partial charge in [0.25, 0.3) is 0 Å². The van der Waals surface area contributed by atoms with Crippen molar-refractivity contribution in [2.24, 2.45) is 0 Å². The number of anilines is 3. The Morgan fingerprint density at radius 1 is 1.17 bits per heavy atom. The number of pyridine rings is 1. The van der Waals surface area contributed by atoms with Crippen molar-refractivity contribution in [3.63, 3.8) is 0 Å². The summed E-state index contributed by atoms with van der Waals surface area (Å²) < 4.78 is 4.97. The van der Waals surface area contributed by atoms with Crippen LogP contribution in [0.2, 0.25) is 5.02 Å². The van der Waals surface area contributed by atoms with Gasteiger partial charge in [0.2, 0.25) is 5.91 Å². The first kappa shape index (κ1) is 16.0. The average molecular weight is 343 g/mol. The van der Waals surface area contributed by atoms with Gasteiger partial charge in [0.1, 0.15) is 11.6 Å². The smallest absolute Gasteiger partial charge is 0.228 e. The van der Waals surface area contributed by atoms with Crippen LogP contribution in [0.3, 0.4) is 0 Å². The first-order valence-electron chi connectivity index (χ1n) is 7.29. The standard InChI is InChI=1S/C17H15ClN4O2/c1-11-8-16(22-24-11)21-15-7-6-14(10-19-15)20-17(23)9-12-2-4-13(18)5-3-12/h2-8,10H,9H2,1H3,(H,20,23)(H,19,21,22). The maximum atomic E-state index is 12.0. The molecule has 24 heavy (non-hydrogen) atoms. The number of aryl methyl sites for hydroxylation is 1. The second-order valence-corrected chi connectivity index (χ2v) is 5.67. The van der Waals surface area contributed by atoms with E-state index in [1.165, 1.54) is 0 Å². The quantitative estimate of drug-likeness (QED) is 0.733.